The van der Waals surface area contributed by atoms with E-state index in [2.05, 4.69) is 5.32 Å². The maximum atomic E-state index is 11.7. The van der Waals surface area contributed by atoms with Crippen LogP contribution in [0, 0.1) is 17.3 Å². The summed E-state index contributed by atoms with van der Waals surface area (Å²) in [6.07, 6.45) is -0.984. The van der Waals surface area contributed by atoms with Gasteiger partial charge in [0, 0.05) is 72.1 Å². The molecular weight excluding hydrogens is 1510 g/mol. The minimum Gasteiger partial charge on any atom is -0.394 e. The fourth-order valence-electron chi connectivity index (χ4n) is 10.7. The Labute approximate surface area is 621 Å². The molecule has 0 spiro atoms. The van der Waals surface area contributed by atoms with Gasteiger partial charge in [0.25, 0.3) is 0 Å². The molecule has 0 bridgehead atoms. The molecule has 0 aromatic carbocycles. The van der Waals surface area contributed by atoms with Crippen molar-refractivity contribution in [3.05, 3.63) is 0 Å². The molecule has 3 saturated heterocycles. The standard InChI is InChI=1S/C61H121NO32P4S4/c1-45-52(67)54(69)48(38-63)92-58(45)82-28-14-9-11-17-32-86-96(74,100)89-35-21-25-79-42-61(41-78-24-13-7-5-6-8-16-31-85-95(73,99)77-4,44-81-27-23-37-91-98(76,102)88-34-20-19-30-83-59-46(2)53(68)55(70)49(39-64)93-59)43-80-26-22-36-90-97(75,101)87-33-18-12-10-15-29-84-60-51(62-47(3)66)57(72)56(71)50(40-65)94-60/h45-46,48-60,63-65,67-72H,5-44H2,1-4H3,(H,62,66)(H,73,99)(H,74,100)(H,75,101)(H,76,102)/t45?,46?,48?,49?,50?,51?,52-,53-,54+,55+,56+,57-,58-,59-,60-,61?,95?,96?,97?,98?/m1/s1. The maximum absolute atomic E-state index is 11.7. The van der Waals surface area contributed by atoms with E-state index in [1.807, 2.05) is 0 Å². The minimum absolute atomic E-state index is 0.00837. The van der Waals surface area contributed by atoms with Crippen LogP contribution in [0.15, 0.2) is 0 Å². The van der Waals surface area contributed by atoms with E-state index in [1.165, 1.54) is 14.0 Å². The number of nitrogens with one attached hydrogen (secondary N) is 1. The van der Waals surface area contributed by atoms with Gasteiger partial charge in [-0.05, 0) is 118 Å². The molecule has 3 rings (SSSR count). The minimum atomic E-state index is -3.64. The molecule has 3 heterocycles. The molecule has 606 valence electrons. The first-order chi connectivity index (χ1) is 48.6. The summed E-state index contributed by atoms with van der Waals surface area (Å²) in [5.41, 5.74) is -0.895. The number of unbranched alkanes of at least 4 members (excludes halogenated alkanes) is 12. The lowest BCUT2D eigenvalue weighted by Crippen LogP contribution is -2.64. The molecule has 33 nitrogen and oxygen atoms in total. The second-order valence-corrected chi connectivity index (χ2v) is 37.0. The van der Waals surface area contributed by atoms with Crippen molar-refractivity contribution in [2.75, 3.05) is 146 Å². The lowest BCUT2D eigenvalue weighted by molar-refractivity contribution is -0.282. The Morgan fingerprint density at radius 2 is 0.627 bits per heavy atom. The van der Waals surface area contributed by atoms with Gasteiger partial charge in [0.15, 0.2) is 18.9 Å². The van der Waals surface area contributed by atoms with Crippen LogP contribution in [0.25, 0.3) is 0 Å². The van der Waals surface area contributed by atoms with Crippen molar-refractivity contribution in [2.24, 2.45) is 17.3 Å². The highest BCUT2D eigenvalue weighted by Gasteiger charge is 2.46. The van der Waals surface area contributed by atoms with Gasteiger partial charge in [-0.1, -0.05) is 65.2 Å². The summed E-state index contributed by atoms with van der Waals surface area (Å²) in [4.78, 5) is 54.0. The van der Waals surface area contributed by atoms with Gasteiger partial charge in [0.2, 0.25) is 5.91 Å². The first-order valence-corrected chi connectivity index (χ1v) is 45.6. The molecular formula is C61H121NO32P4S4. The molecule has 14 N–H and O–H groups in total. The fourth-order valence-corrected chi connectivity index (χ4v) is 15.1. The zero-order valence-corrected chi connectivity index (χ0v) is 66.3. The Hall–Kier alpha value is 0.830. The molecule has 0 aliphatic carbocycles. The highest BCUT2D eigenvalue weighted by molar-refractivity contribution is 8.08. The molecule has 102 heavy (non-hydrogen) atoms. The molecule has 20 atom stereocenters. The Bertz CT molecular complexity index is 2380. The monoisotopic (exact) mass is 1630 g/mol. The van der Waals surface area contributed by atoms with E-state index in [-0.39, 0.29) is 99.1 Å². The number of amides is 1. The molecule has 0 aromatic heterocycles. The van der Waals surface area contributed by atoms with Gasteiger partial charge in [0.05, 0.1) is 110 Å². The molecule has 0 saturated carbocycles. The molecule has 3 aliphatic rings. The number of carbonyl (C=O) groups excluding carboxylic acids is 1. The van der Waals surface area contributed by atoms with Gasteiger partial charge >= 0.3 is 26.9 Å². The Kier molecular flexibility index (Phi) is 51.8. The maximum Gasteiger partial charge on any atom is 0.324 e. The SMILES string of the molecule is COP(O)(=S)OCCCCCCCCOCC(COCCCOP(O)(=S)OCCCCCCO[C@@H]1OC(CO)[C@H](O)[C@H](O)C1C)(COCCCOP(O)(=S)OCCCCCCO[C@@H]1OC(CO)[C@H](O)[C@H](O)C1NC(C)=O)COCCCOP(O)(=S)OCCCCO[C@@H]1OC(CO)[C@H](O)[C@H](O)C1C. The first kappa shape index (κ1) is 97.0. The van der Waals surface area contributed by atoms with Crippen LogP contribution in [0.4, 0.5) is 0 Å². The van der Waals surface area contributed by atoms with Crippen LogP contribution in [-0.4, -0.2) is 297 Å². The van der Waals surface area contributed by atoms with E-state index in [0.717, 1.165) is 51.4 Å². The van der Waals surface area contributed by atoms with Crippen LogP contribution in [-0.2, 0) is 136 Å². The predicted molar refractivity (Wildman–Crippen MR) is 385 cm³/mol. The number of ether oxygens (including phenoxy) is 10. The number of aliphatic hydroxyl groups excluding tert-OH is 9. The van der Waals surface area contributed by atoms with Crippen LogP contribution in [0.2, 0.25) is 0 Å². The third-order valence-corrected chi connectivity index (χ3v) is 23.4. The van der Waals surface area contributed by atoms with Crippen LogP contribution in [0.1, 0.15) is 143 Å². The van der Waals surface area contributed by atoms with Crippen molar-refractivity contribution in [1.82, 2.24) is 5.32 Å². The molecule has 0 radical (unpaired) electrons. The molecule has 41 heteroatoms. The first-order valence-electron chi connectivity index (χ1n) is 35.3. The zero-order chi connectivity index (χ0) is 75.5. The molecule has 3 aliphatic heterocycles. The number of hydrogen-bond donors (Lipinski definition) is 14. The van der Waals surface area contributed by atoms with E-state index in [4.69, 9.17) is 131 Å². The average molecular weight is 1630 g/mol. The lowest BCUT2D eigenvalue weighted by Gasteiger charge is -2.42. The summed E-state index contributed by atoms with van der Waals surface area (Å²) in [6, 6.07) is -1.04. The Balaban J connectivity index is 1.54. The molecule has 3 fully saturated rings. The van der Waals surface area contributed by atoms with Gasteiger partial charge in [-0.3, -0.25) is 4.79 Å². The number of hydrogen-bond acceptors (Lipinski definition) is 32. The summed E-state index contributed by atoms with van der Waals surface area (Å²) < 4.78 is 103. The molecule has 11 unspecified atom stereocenters. The topological polar surface area (TPSA) is 458 Å². The van der Waals surface area contributed by atoms with Crippen molar-refractivity contribution in [1.29, 1.82) is 0 Å². The number of carbonyl (C=O) groups is 1. The zero-order valence-electron chi connectivity index (χ0n) is 59.4. The van der Waals surface area contributed by atoms with Crippen LogP contribution in [0.3, 0.4) is 0 Å². The van der Waals surface area contributed by atoms with Crippen LogP contribution < -0.4 is 5.32 Å². The lowest BCUT2D eigenvalue weighted by atomic mass is 9.92. The van der Waals surface area contributed by atoms with E-state index in [1.54, 1.807) is 13.8 Å². The quantitative estimate of drug-likeness (QED) is 0.0307. The Morgan fingerprint density at radius 3 is 0.961 bits per heavy atom. The summed E-state index contributed by atoms with van der Waals surface area (Å²) in [7, 11) is 1.31. The number of rotatable bonds is 63. The summed E-state index contributed by atoms with van der Waals surface area (Å²) in [6.45, 7) is -8.10. The predicted octanol–water partition coefficient (Wildman–Crippen LogP) is 3.22. The van der Waals surface area contributed by atoms with E-state index in [0.29, 0.717) is 90.4 Å². The van der Waals surface area contributed by atoms with Crippen molar-refractivity contribution >= 4 is 80.0 Å². The van der Waals surface area contributed by atoms with Crippen molar-refractivity contribution in [3.8, 4) is 0 Å². The van der Waals surface area contributed by atoms with E-state index in [9.17, 15) is 70.3 Å². The summed E-state index contributed by atoms with van der Waals surface area (Å²) >= 11 is 20.7. The van der Waals surface area contributed by atoms with Gasteiger partial charge in [-0.25, -0.2) is 0 Å². The van der Waals surface area contributed by atoms with Crippen molar-refractivity contribution < 1.29 is 154 Å². The smallest absolute Gasteiger partial charge is 0.324 e. The van der Waals surface area contributed by atoms with Crippen LogP contribution >= 0.6 is 26.9 Å². The second kappa shape index (κ2) is 54.5. The van der Waals surface area contributed by atoms with Gasteiger partial charge in [-0.2, -0.15) is 0 Å². The average Bonchev–Trinajstić information content (AvgIpc) is 0.819. The highest BCUT2D eigenvalue weighted by Crippen LogP contribution is 2.46. The Morgan fingerprint density at radius 1 is 0.373 bits per heavy atom. The van der Waals surface area contributed by atoms with E-state index >= 15 is 0 Å². The molecule has 1 amide bonds. The van der Waals surface area contributed by atoms with Gasteiger partial charge < -0.3 is 154 Å². The normalized spacial score (nSPS) is 28.6. The van der Waals surface area contributed by atoms with Crippen LogP contribution in [0.5, 0.6) is 0 Å². The van der Waals surface area contributed by atoms with E-state index < -0.39 is 150 Å². The second-order valence-electron chi connectivity index (χ2n) is 25.5. The fraction of sp³-hybridized carbons (Fsp3) is 0.984. The van der Waals surface area contributed by atoms with Gasteiger partial charge in [-0.15, -0.1) is 0 Å². The largest absolute Gasteiger partial charge is 0.394 e. The third kappa shape index (κ3) is 40.9. The summed E-state index contributed by atoms with van der Waals surface area (Å²) in [5, 5.41) is 92.8. The molecule has 0 aromatic rings. The highest BCUT2D eigenvalue weighted by atomic mass is 32.5. The van der Waals surface area contributed by atoms with Gasteiger partial charge in [0.1, 0.15) is 48.8 Å². The summed E-state index contributed by atoms with van der Waals surface area (Å²) in [5.74, 6) is -1.48. The van der Waals surface area contributed by atoms with Crippen molar-refractivity contribution in [3.63, 3.8) is 0 Å². The number of aliphatic hydroxyl groups is 9. The third-order valence-electron chi connectivity index (χ3n) is 16.7. The van der Waals surface area contributed by atoms with Crippen molar-refractivity contribution in [2.45, 2.75) is 223 Å².